The molecule has 0 spiro atoms. The van der Waals surface area contributed by atoms with Gasteiger partial charge in [0.05, 0.1) is 4.87 Å². The van der Waals surface area contributed by atoms with Crippen LogP contribution in [0.4, 0.5) is 0 Å². The summed E-state index contributed by atoms with van der Waals surface area (Å²) in [6.07, 6.45) is 0. The molecular formula is C5H10ClNO. The van der Waals surface area contributed by atoms with Crippen molar-refractivity contribution in [2.24, 2.45) is 5.18 Å². The van der Waals surface area contributed by atoms with Crippen LogP contribution in [0.3, 0.4) is 0 Å². The Hall–Kier alpha value is -0.110. The third-order valence-electron chi connectivity index (χ3n) is 1.15. The fourth-order valence-electron chi connectivity index (χ4n) is 0.125. The topological polar surface area (TPSA) is 29.4 Å². The van der Waals surface area contributed by atoms with Crippen molar-refractivity contribution in [2.45, 2.75) is 31.7 Å². The Balaban J connectivity index is 3.80. The molecule has 0 aromatic heterocycles. The van der Waals surface area contributed by atoms with Gasteiger partial charge in [-0.1, -0.05) is 5.18 Å². The van der Waals surface area contributed by atoms with E-state index >= 15 is 0 Å². The molecule has 0 fully saturated rings. The molecule has 0 N–H and O–H groups in total. The molecule has 0 saturated carbocycles. The largest absolute Gasteiger partial charge is 0.150 e. The molecule has 0 amide bonds. The summed E-state index contributed by atoms with van der Waals surface area (Å²) in [6, 6.07) is -0.316. The molecule has 2 nitrogen and oxygen atoms in total. The van der Waals surface area contributed by atoms with Crippen molar-refractivity contribution in [1.82, 2.24) is 0 Å². The van der Waals surface area contributed by atoms with Crippen LogP contribution >= 0.6 is 11.6 Å². The number of nitroso groups, excluding NO2 is 1. The monoisotopic (exact) mass is 135 g/mol. The zero-order valence-electron chi connectivity index (χ0n) is 5.31. The third kappa shape index (κ3) is 2.26. The predicted octanol–water partition coefficient (Wildman–Crippen LogP) is 2.16. The first-order chi connectivity index (χ1) is 3.48. The maximum atomic E-state index is 9.82. The van der Waals surface area contributed by atoms with Crippen LogP contribution < -0.4 is 0 Å². The molecule has 0 aromatic rings. The minimum absolute atomic E-state index is 0.316. The Morgan fingerprint density at radius 1 is 1.62 bits per heavy atom. The molecule has 0 rings (SSSR count). The molecule has 0 unspecified atom stereocenters. The van der Waals surface area contributed by atoms with Gasteiger partial charge in [-0.15, -0.1) is 11.6 Å². The minimum atomic E-state index is -0.498. The van der Waals surface area contributed by atoms with Gasteiger partial charge in [0.2, 0.25) is 0 Å². The van der Waals surface area contributed by atoms with E-state index in [0.29, 0.717) is 0 Å². The SMILES string of the molecule is C[C@H](N=O)C(C)(C)Cl. The Kier molecular flexibility index (Phi) is 2.41. The Labute approximate surface area is 54.2 Å². The van der Waals surface area contributed by atoms with Gasteiger partial charge in [0.25, 0.3) is 0 Å². The number of rotatable bonds is 2. The fourth-order valence-corrected chi connectivity index (χ4v) is 0.165. The number of halogens is 1. The molecule has 48 valence electrons. The Bertz CT molecular complexity index is 86.9. The van der Waals surface area contributed by atoms with Gasteiger partial charge in [-0.25, -0.2) is 0 Å². The standard InChI is InChI=1S/C5H10ClNO/c1-4(7-8)5(2,3)6/h4H,1-3H3/t4-/m0/s1. The average molecular weight is 136 g/mol. The van der Waals surface area contributed by atoms with Crippen molar-refractivity contribution in [3.05, 3.63) is 4.91 Å². The third-order valence-corrected chi connectivity index (χ3v) is 1.47. The lowest BCUT2D eigenvalue weighted by Crippen LogP contribution is -2.24. The van der Waals surface area contributed by atoms with Crippen LogP contribution in [0, 0.1) is 4.91 Å². The molecular weight excluding hydrogens is 126 g/mol. The van der Waals surface area contributed by atoms with Crippen molar-refractivity contribution in [1.29, 1.82) is 0 Å². The number of hydrogen-bond acceptors (Lipinski definition) is 2. The highest BCUT2D eigenvalue weighted by atomic mass is 35.5. The second kappa shape index (κ2) is 2.44. The van der Waals surface area contributed by atoms with Crippen LogP contribution in [-0.2, 0) is 0 Å². The van der Waals surface area contributed by atoms with Crippen LogP contribution in [0.1, 0.15) is 20.8 Å². The summed E-state index contributed by atoms with van der Waals surface area (Å²) in [4.78, 5) is 9.32. The summed E-state index contributed by atoms with van der Waals surface area (Å²) in [5.74, 6) is 0. The van der Waals surface area contributed by atoms with Crippen molar-refractivity contribution >= 4 is 11.6 Å². The van der Waals surface area contributed by atoms with Crippen LogP contribution in [0.25, 0.3) is 0 Å². The molecule has 0 aliphatic heterocycles. The molecule has 0 aliphatic carbocycles. The highest BCUT2D eigenvalue weighted by Crippen LogP contribution is 2.19. The summed E-state index contributed by atoms with van der Waals surface area (Å²) in [7, 11) is 0. The summed E-state index contributed by atoms with van der Waals surface area (Å²) >= 11 is 5.69. The second-order valence-electron chi connectivity index (χ2n) is 2.35. The molecule has 3 heteroatoms. The lowest BCUT2D eigenvalue weighted by molar-refractivity contribution is 0.566. The predicted molar refractivity (Wildman–Crippen MR) is 35.2 cm³/mol. The lowest BCUT2D eigenvalue weighted by atomic mass is 10.1. The molecule has 0 aliphatic rings. The molecule has 0 aromatic carbocycles. The second-order valence-corrected chi connectivity index (χ2v) is 3.32. The first kappa shape index (κ1) is 7.89. The van der Waals surface area contributed by atoms with E-state index in [2.05, 4.69) is 5.18 Å². The first-order valence-corrected chi connectivity index (χ1v) is 2.87. The van der Waals surface area contributed by atoms with E-state index in [4.69, 9.17) is 11.6 Å². The van der Waals surface area contributed by atoms with E-state index in [1.54, 1.807) is 20.8 Å². The number of alkyl halides is 1. The van der Waals surface area contributed by atoms with E-state index in [0.717, 1.165) is 0 Å². The highest BCUT2D eigenvalue weighted by Gasteiger charge is 2.22. The fraction of sp³-hybridized carbons (Fsp3) is 1.00. The van der Waals surface area contributed by atoms with Crippen molar-refractivity contribution in [2.75, 3.05) is 0 Å². The van der Waals surface area contributed by atoms with E-state index in [1.807, 2.05) is 0 Å². The normalized spacial score (nSPS) is 15.5. The molecule has 0 saturated heterocycles. The highest BCUT2D eigenvalue weighted by molar-refractivity contribution is 6.23. The van der Waals surface area contributed by atoms with E-state index in [9.17, 15) is 4.91 Å². The summed E-state index contributed by atoms with van der Waals surface area (Å²) < 4.78 is 0. The molecule has 0 radical (unpaired) electrons. The van der Waals surface area contributed by atoms with Crippen LogP contribution in [-0.4, -0.2) is 10.9 Å². The van der Waals surface area contributed by atoms with Gasteiger partial charge >= 0.3 is 0 Å². The van der Waals surface area contributed by atoms with Gasteiger partial charge < -0.3 is 0 Å². The van der Waals surface area contributed by atoms with Gasteiger partial charge in [0, 0.05) is 0 Å². The summed E-state index contributed by atoms with van der Waals surface area (Å²) in [6.45, 7) is 5.22. The van der Waals surface area contributed by atoms with E-state index in [1.165, 1.54) is 0 Å². The lowest BCUT2D eigenvalue weighted by Gasteiger charge is -2.16. The van der Waals surface area contributed by atoms with Crippen LogP contribution in [0.15, 0.2) is 5.18 Å². The summed E-state index contributed by atoms with van der Waals surface area (Å²) in [5, 5.41) is 2.78. The smallest absolute Gasteiger partial charge is 0.108 e. The molecule has 0 heterocycles. The number of nitrogens with zero attached hydrogens (tertiary/aromatic N) is 1. The van der Waals surface area contributed by atoms with Gasteiger partial charge in [-0.05, 0) is 20.8 Å². The van der Waals surface area contributed by atoms with Crippen molar-refractivity contribution in [3.8, 4) is 0 Å². The van der Waals surface area contributed by atoms with Crippen LogP contribution in [0.5, 0.6) is 0 Å². The average Bonchev–Trinajstić information content (AvgIpc) is 1.62. The molecule has 8 heavy (non-hydrogen) atoms. The first-order valence-electron chi connectivity index (χ1n) is 2.50. The maximum absolute atomic E-state index is 9.82. The Morgan fingerprint density at radius 2 is 2.00 bits per heavy atom. The quantitative estimate of drug-likeness (QED) is 0.422. The van der Waals surface area contributed by atoms with Crippen molar-refractivity contribution in [3.63, 3.8) is 0 Å². The van der Waals surface area contributed by atoms with Gasteiger partial charge in [0.1, 0.15) is 6.04 Å². The van der Waals surface area contributed by atoms with Gasteiger partial charge in [-0.3, -0.25) is 0 Å². The minimum Gasteiger partial charge on any atom is -0.150 e. The van der Waals surface area contributed by atoms with E-state index < -0.39 is 4.87 Å². The molecule has 0 bridgehead atoms. The number of hydrogen-bond donors (Lipinski definition) is 0. The Morgan fingerprint density at radius 3 is 2.00 bits per heavy atom. The van der Waals surface area contributed by atoms with Crippen LogP contribution in [0.2, 0.25) is 0 Å². The molecule has 1 atom stereocenters. The zero-order valence-corrected chi connectivity index (χ0v) is 6.07. The summed E-state index contributed by atoms with van der Waals surface area (Å²) in [5.41, 5.74) is 0. The van der Waals surface area contributed by atoms with Gasteiger partial charge in [0.15, 0.2) is 0 Å². The van der Waals surface area contributed by atoms with E-state index in [-0.39, 0.29) is 6.04 Å². The van der Waals surface area contributed by atoms with Crippen molar-refractivity contribution < 1.29 is 0 Å². The maximum Gasteiger partial charge on any atom is 0.108 e. The zero-order chi connectivity index (χ0) is 6.78. The van der Waals surface area contributed by atoms with Gasteiger partial charge in [-0.2, -0.15) is 4.91 Å².